The first-order chi connectivity index (χ1) is 7.74. The lowest BCUT2D eigenvalue weighted by Crippen LogP contribution is -2.12. The van der Waals surface area contributed by atoms with Gasteiger partial charge in [-0.3, -0.25) is 4.79 Å². The van der Waals surface area contributed by atoms with Gasteiger partial charge in [-0.25, -0.2) is 4.98 Å². The first-order valence-corrected chi connectivity index (χ1v) is 5.17. The maximum atomic E-state index is 11.5. The fraction of sp³-hybridized carbons (Fsp3) is 0.167. The van der Waals surface area contributed by atoms with Gasteiger partial charge in [0.15, 0.2) is 0 Å². The number of aromatic amines is 1. The summed E-state index contributed by atoms with van der Waals surface area (Å²) >= 11 is 0. The van der Waals surface area contributed by atoms with Gasteiger partial charge in [-0.15, -0.1) is 0 Å². The number of rotatable bonds is 1. The highest BCUT2D eigenvalue weighted by Crippen LogP contribution is 2.23. The molecular formula is C12H11N3O. The van der Waals surface area contributed by atoms with Gasteiger partial charge >= 0.3 is 0 Å². The molecule has 16 heavy (non-hydrogen) atoms. The second kappa shape index (κ2) is 3.20. The molecule has 2 N–H and O–H groups in total. The van der Waals surface area contributed by atoms with Crippen LogP contribution in [0.2, 0.25) is 0 Å². The van der Waals surface area contributed by atoms with Crippen LogP contribution in [-0.2, 0) is 6.54 Å². The van der Waals surface area contributed by atoms with Gasteiger partial charge in [-0.05, 0) is 18.6 Å². The third-order valence-corrected chi connectivity index (χ3v) is 2.81. The molecule has 0 unspecified atom stereocenters. The van der Waals surface area contributed by atoms with E-state index in [4.69, 9.17) is 0 Å². The highest BCUT2D eigenvalue weighted by molar-refractivity contribution is 5.99. The van der Waals surface area contributed by atoms with Crippen LogP contribution in [0.3, 0.4) is 0 Å². The number of hydrogen-bond donors (Lipinski definition) is 2. The zero-order chi connectivity index (χ0) is 11.1. The van der Waals surface area contributed by atoms with Gasteiger partial charge in [0.1, 0.15) is 5.82 Å². The molecule has 2 aromatic rings. The molecule has 4 heteroatoms. The van der Waals surface area contributed by atoms with Gasteiger partial charge in [0.25, 0.3) is 5.91 Å². The molecule has 0 atom stereocenters. The number of imidazole rings is 1. The van der Waals surface area contributed by atoms with E-state index in [0.717, 1.165) is 28.2 Å². The zero-order valence-corrected chi connectivity index (χ0v) is 8.87. The summed E-state index contributed by atoms with van der Waals surface area (Å²) < 4.78 is 0. The van der Waals surface area contributed by atoms with E-state index < -0.39 is 0 Å². The summed E-state index contributed by atoms with van der Waals surface area (Å²) in [5, 5.41) is 2.80. The van der Waals surface area contributed by atoms with Crippen molar-refractivity contribution in [1.82, 2.24) is 15.3 Å². The van der Waals surface area contributed by atoms with Crippen LogP contribution in [-0.4, -0.2) is 15.9 Å². The molecule has 0 spiro atoms. The van der Waals surface area contributed by atoms with Crippen LogP contribution < -0.4 is 5.32 Å². The molecule has 2 heterocycles. The summed E-state index contributed by atoms with van der Waals surface area (Å²) in [4.78, 5) is 18.8. The van der Waals surface area contributed by atoms with E-state index in [1.807, 2.05) is 25.1 Å². The van der Waals surface area contributed by atoms with Gasteiger partial charge in [-0.2, -0.15) is 0 Å². The summed E-state index contributed by atoms with van der Waals surface area (Å²) in [5.41, 5.74) is 3.77. The quantitative estimate of drug-likeness (QED) is 0.756. The molecule has 1 aliphatic rings. The number of carbonyl (C=O) groups excluding carboxylic acids is 1. The minimum atomic E-state index is 0.00749. The lowest BCUT2D eigenvalue weighted by atomic mass is 10.0. The Kier molecular flexibility index (Phi) is 1.83. The predicted octanol–water partition coefficient (Wildman–Crippen LogP) is 1.63. The standard InChI is InChI=1S/C12H11N3O/c1-7-13-6-11(15-7)8-2-3-9-5-14-12(16)10(9)4-8/h2-4,6H,5H2,1H3,(H,13,15)(H,14,16). The summed E-state index contributed by atoms with van der Waals surface area (Å²) in [6, 6.07) is 5.90. The number of amides is 1. The lowest BCUT2D eigenvalue weighted by Gasteiger charge is -2.00. The molecule has 4 nitrogen and oxygen atoms in total. The molecule has 0 bridgehead atoms. The van der Waals surface area contributed by atoms with Crippen LogP contribution in [0.25, 0.3) is 11.3 Å². The second-order valence-electron chi connectivity index (χ2n) is 3.94. The lowest BCUT2D eigenvalue weighted by molar-refractivity contribution is 0.0966. The third-order valence-electron chi connectivity index (χ3n) is 2.81. The largest absolute Gasteiger partial charge is 0.348 e. The van der Waals surface area contributed by atoms with Crippen molar-refractivity contribution in [3.8, 4) is 11.3 Å². The predicted molar refractivity (Wildman–Crippen MR) is 59.9 cm³/mol. The van der Waals surface area contributed by atoms with Crippen molar-refractivity contribution in [2.45, 2.75) is 13.5 Å². The number of aryl methyl sites for hydroxylation is 1. The Morgan fingerprint density at radius 1 is 1.38 bits per heavy atom. The smallest absolute Gasteiger partial charge is 0.251 e. The van der Waals surface area contributed by atoms with Crippen molar-refractivity contribution in [3.05, 3.63) is 41.3 Å². The Morgan fingerprint density at radius 2 is 2.25 bits per heavy atom. The number of benzene rings is 1. The fourth-order valence-electron chi connectivity index (χ4n) is 1.95. The highest BCUT2D eigenvalue weighted by atomic mass is 16.1. The van der Waals surface area contributed by atoms with Crippen molar-refractivity contribution in [2.75, 3.05) is 0 Å². The average Bonchev–Trinajstić information content (AvgIpc) is 2.86. The molecule has 1 amide bonds. The van der Waals surface area contributed by atoms with E-state index in [-0.39, 0.29) is 5.91 Å². The Labute approximate surface area is 92.7 Å². The summed E-state index contributed by atoms with van der Waals surface area (Å²) in [5.74, 6) is 0.882. The zero-order valence-electron chi connectivity index (χ0n) is 8.87. The maximum absolute atomic E-state index is 11.5. The van der Waals surface area contributed by atoms with E-state index in [0.29, 0.717) is 6.54 Å². The van der Waals surface area contributed by atoms with E-state index in [2.05, 4.69) is 15.3 Å². The van der Waals surface area contributed by atoms with E-state index >= 15 is 0 Å². The third kappa shape index (κ3) is 1.31. The van der Waals surface area contributed by atoms with Gasteiger partial charge in [0.05, 0.1) is 11.9 Å². The number of nitrogens with one attached hydrogen (secondary N) is 2. The van der Waals surface area contributed by atoms with E-state index in [1.165, 1.54) is 0 Å². The Morgan fingerprint density at radius 3 is 3.00 bits per heavy atom. The van der Waals surface area contributed by atoms with Crippen LogP contribution in [0, 0.1) is 6.92 Å². The van der Waals surface area contributed by atoms with Crippen molar-refractivity contribution in [1.29, 1.82) is 0 Å². The minimum absolute atomic E-state index is 0.00749. The topological polar surface area (TPSA) is 57.8 Å². The molecule has 0 saturated carbocycles. The molecule has 0 radical (unpaired) electrons. The first kappa shape index (κ1) is 9.15. The number of nitrogens with zero attached hydrogens (tertiary/aromatic N) is 1. The van der Waals surface area contributed by atoms with E-state index in [9.17, 15) is 4.79 Å². The number of carbonyl (C=O) groups is 1. The van der Waals surface area contributed by atoms with Crippen molar-refractivity contribution in [3.63, 3.8) is 0 Å². The molecule has 1 aromatic heterocycles. The maximum Gasteiger partial charge on any atom is 0.251 e. The fourth-order valence-corrected chi connectivity index (χ4v) is 1.95. The van der Waals surface area contributed by atoms with Gasteiger partial charge in [0.2, 0.25) is 0 Å². The molecular weight excluding hydrogens is 202 g/mol. The average molecular weight is 213 g/mol. The van der Waals surface area contributed by atoms with Gasteiger partial charge in [0, 0.05) is 17.7 Å². The Bertz CT molecular complexity index is 571. The van der Waals surface area contributed by atoms with Crippen molar-refractivity contribution >= 4 is 5.91 Å². The number of hydrogen-bond acceptors (Lipinski definition) is 2. The van der Waals surface area contributed by atoms with Crippen LogP contribution in [0.5, 0.6) is 0 Å². The summed E-state index contributed by atoms with van der Waals surface area (Å²) in [6.07, 6.45) is 1.78. The van der Waals surface area contributed by atoms with Crippen LogP contribution in [0.1, 0.15) is 21.7 Å². The molecule has 1 aliphatic heterocycles. The number of H-pyrrole nitrogens is 1. The Balaban J connectivity index is 2.10. The Hall–Kier alpha value is -2.10. The van der Waals surface area contributed by atoms with Crippen LogP contribution in [0.15, 0.2) is 24.4 Å². The SMILES string of the molecule is Cc1ncc(-c2ccc3c(c2)C(=O)NC3)[nH]1. The molecule has 80 valence electrons. The second-order valence-corrected chi connectivity index (χ2v) is 3.94. The van der Waals surface area contributed by atoms with Crippen LogP contribution >= 0.6 is 0 Å². The molecule has 0 aliphatic carbocycles. The number of fused-ring (bicyclic) bond motifs is 1. The van der Waals surface area contributed by atoms with Crippen molar-refractivity contribution < 1.29 is 4.79 Å². The molecule has 3 rings (SSSR count). The molecule has 0 fully saturated rings. The summed E-state index contributed by atoms with van der Waals surface area (Å²) in [7, 11) is 0. The first-order valence-electron chi connectivity index (χ1n) is 5.17. The summed E-state index contributed by atoms with van der Waals surface area (Å²) in [6.45, 7) is 2.54. The van der Waals surface area contributed by atoms with Gasteiger partial charge < -0.3 is 10.3 Å². The number of aromatic nitrogens is 2. The molecule has 1 aromatic carbocycles. The molecule has 0 saturated heterocycles. The monoisotopic (exact) mass is 213 g/mol. The van der Waals surface area contributed by atoms with E-state index in [1.54, 1.807) is 6.20 Å². The van der Waals surface area contributed by atoms with Crippen molar-refractivity contribution in [2.24, 2.45) is 0 Å². The highest BCUT2D eigenvalue weighted by Gasteiger charge is 2.19. The van der Waals surface area contributed by atoms with Crippen LogP contribution in [0.4, 0.5) is 0 Å². The normalized spacial score (nSPS) is 13.7. The minimum Gasteiger partial charge on any atom is -0.348 e. The van der Waals surface area contributed by atoms with Gasteiger partial charge in [-0.1, -0.05) is 12.1 Å².